The second-order valence-corrected chi connectivity index (χ2v) is 4.29. The van der Waals surface area contributed by atoms with Crippen LogP contribution in [0.1, 0.15) is 39.3 Å². The van der Waals surface area contributed by atoms with E-state index in [0.29, 0.717) is 5.92 Å². The lowest BCUT2D eigenvalue weighted by molar-refractivity contribution is 0.180. The Morgan fingerprint density at radius 3 is 2.67 bits per heavy atom. The molecule has 0 aliphatic heterocycles. The standard InChI is InChI=1S/C13H21NO/c1-5-10(2)9-12(4)15-13-8-6-7-11(3)14-13/h6-8,10,12H,5,9H2,1-4H3. The van der Waals surface area contributed by atoms with Gasteiger partial charge in [0.1, 0.15) is 0 Å². The highest BCUT2D eigenvalue weighted by Crippen LogP contribution is 2.15. The molecule has 0 radical (unpaired) electrons. The Kier molecular flexibility index (Phi) is 4.60. The van der Waals surface area contributed by atoms with Crippen LogP contribution in [0.25, 0.3) is 0 Å². The number of pyridine rings is 1. The summed E-state index contributed by atoms with van der Waals surface area (Å²) in [6.07, 6.45) is 2.54. The highest BCUT2D eigenvalue weighted by molar-refractivity contribution is 5.14. The van der Waals surface area contributed by atoms with Gasteiger partial charge in [-0.05, 0) is 32.3 Å². The van der Waals surface area contributed by atoms with Crippen LogP contribution in [0.4, 0.5) is 0 Å². The van der Waals surface area contributed by atoms with E-state index in [0.717, 1.165) is 18.0 Å². The van der Waals surface area contributed by atoms with Crippen LogP contribution >= 0.6 is 0 Å². The Balaban J connectivity index is 2.47. The number of hydrogen-bond donors (Lipinski definition) is 0. The summed E-state index contributed by atoms with van der Waals surface area (Å²) in [6.45, 7) is 8.55. The molecule has 0 aliphatic rings. The van der Waals surface area contributed by atoms with Crippen LogP contribution in [0.15, 0.2) is 18.2 Å². The van der Waals surface area contributed by atoms with Crippen LogP contribution in [-0.4, -0.2) is 11.1 Å². The molecule has 0 aromatic carbocycles. The van der Waals surface area contributed by atoms with Gasteiger partial charge in [-0.15, -0.1) is 0 Å². The fraction of sp³-hybridized carbons (Fsp3) is 0.615. The van der Waals surface area contributed by atoms with Gasteiger partial charge in [0.25, 0.3) is 0 Å². The van der Waals surface area contributed by atoms with E-state index >= 15 is 0 Å². The van der Waals surface area contributed by atoms with Crippen molar-refractivity contribution < 1.29 is 4.74 Å². The maximum absolute atomic E-state index is 5.76. The third-order valence-corrected chi connectivity index (χ3v) is 2.62. The van der Waals surface area contributed by atoms with Crippen molar-refractivity contribution in [3.63, 3.8) is 0 Å². The molecule has 1 rings (SSSR count). The summed E-state index contributed by atoms with van der Waals surface area (Å²) in [5.41, 5.74) is 1.00. The molecule has 2 heteroatoms. The van der Waals surface area contributed by atoms with Gasteiger partial charge in [-0.3, -0.25) is 0 Å². The zero-order chi connectivity index (χ0) is 11.3. The highest BCUT2D eigenvalue weighted by Gasteiger charge is 2.09. The molecular weight excluding hydrogens is 186 g/mol. The van der Waals surface area contributed by atoms with Crippen molar-refractivity contribution in [3.8, 4) is 5.88 Å². The Morgan fingerprint density at radius 2 is 2.07 bits per heavy atom. The van der Waals surface area contributed by atoms with Crippen LogP contribution < -0.4 is 4.74 Å². The van der Waals surface area contributed by atoms with Crippen LogP contribution in [0.5, 0.6) is 5.88 Å². The second kappa shape index (κ2) is 5.74. The molecule has 1 heterocycles. The summed E-state index contributed by atoms with van der Waals surface area (Å²) < 4.78 is 5.76. The highest BCUT2D eigenvalue weighted by atomic mass is 16.5. The van der Waals surface area contributed by atoms with Crippen LogP contribution in [0.2, 0.25) is 0 Å². The lowest BCUT2D eigenvalue weighted by atomic mass is 10.0. The molecule has 84 valence electrons. The fourth-order valence-corrected chi connectivity index (χ4v) is 1.57. The molecule has 0 N–H and O–H groups in total. The van der Waals surface area contributed by atoms with Crippen molar-refractivity contribution in [2.45, 2.75) is 46.6 Å². The average molecular weight is 207 g/mol. The summed E-state index contributed by atoms with van der Waals surface area (Å²) in [5, 5.41) is 0. The lowest BCUT2D eigenvalue weighted by Gasteiger charge is -2.17. The first-order valence-electron chi connectivity index (χ1n) is 5.72. The van der Waals surface area contributed by atoms with Crippen LogP contribution in [-0.2, 0) is 0 Å². The Labute approximate surface area is 92.7 Å². The van der Waals surface area contributed by atoms with Crippen molar-refractivity contribution in [1.29, 1.82) is 0 Å². The third-order valence-electron chi connectivity index (χ3n) is 2.62. The molecule has 0 bridgehead atoms. The molecule has 2 atom stereocenters. The van der Waals surface area contributed by atoms with E-state index in [1.54, 1.807) is 0 Å². The Morgan fingerprint density at radius 1 is 1.33 bits per heavy atom. The number of rotatable bonds is 5. The minimum Gasteiger partial charge on any atom is -0.475 e. The van der Waals surface area contributed by atoms with Gasteiger partial charge in [0.05, 0.1) is 6.10 Å². The quantitative estimate of drug-likeness (QED) is 0.736. The van der Waals surface area contributed by atoms with Gasteiger partial charge in [-0.25, -0.2) is 4.98 Å². The first kappa shape index (κ1) is 12.0. The molecule has 0 spiro atoms. The van der Waals surface area contributed by atoms with E-state index in [2.05, 4.69) is 25.8 Å². The van der Waals surface area contributed by atoms with Crippen LogP contribution in [0.3, 0.4) is 0 Å². The fourth-order valence-electron chi connectivity index (χ4n) is 1.57. The summed E-state index contributed by atoms with van der Waals surface area (Å²) >= 11 is 0. The van der Waals surface area contributed by atoms with Crippen molar-refractivity contribution in [3.05, 3.63) is 23.9 Å². The van der Waals surface area contributed by atoms with Crippen molar-refractivity contribution in [2.24, 2.45) is 5.92 Å². The molecule has 2 unspecified atom stereocenters. The molecule has 2 nitrogen and oxygen atoms in total. The van der Waals surface area contributed by atoms with E-state index in [9.17, 15) is 0 Å². The Hall–Kier alpha value is -1.05. The normalized spacial score (nSPS) is 14.7. The topological polar surface area (TPSA) is 22.1 Å². The zero-order valence-corrected chi connectivity index (χ0v) is 10.2. The number of nitrogens with zero attached hydrogens (tertiary/aromatic N) is 1. The first-order chi connectivity index (χ1) is 7.11. The number of ether oxygens (including phenoxy) is 1. The lowest BCUT2D eigenvalue weighted by Crippen LogP contribution is -2.16. The SMILES string of the molecule is CCC(C)CC(C)Oc1cccc(C)n1. The van der Waals surface area contributed by atoms with E-state index in [1.165, 1.54) is 6.42 Å². The van der Waals surface area contributed by atoms with Crippen molar-refractivity contribution >= 4 is 0 Å². The number of hydrogen-bond acceptors (Lipinski definition) is 2. The van der Waals surface area contributed by atoms with Crippen molar-refractivity contribution in [2.75, 3.05) is 0 Å². The molecule has 1 aromatic heterocycles. The number of aryl methyl sites for hydroxylation is 1. The third kappa shape index (κ3) is 4.32. The van der Waals surface area contributed by atoms with Gasteiger partial charge in [0.2, 0.25) is 5.88 Å². The van der Waals surface area contributed by atoms with Gasteiger partial charge in [0, 0.05) is 11.8 Å². The van der Waals surface area contributed by atoms with E-state index < -0.39 is 0 Å². The average Bonchev–Trinajstić information content (AvgIpc) is 2.17. The largest absolute Gasteiger partial charge is 0.475 e. The van der Waals surface area contributed by atoms with E-state index in [1.807, 2.05) is 25.1 Å². The molecule has 0 fully saturated rings. The smallest absolute Gasteiger partial charge is 0.213 e. The summed E-state index contributed by atoms with van der Waals surface area (Å²) in [6, 6.07) is 5.87. The van der Waals surface area contributed by atoms with Crippen molar-refractivity contribution in [1.82, 2.24) is 4.98 Å². The summed E-state index contributed by atoms with van der Waals surface area (Å²) in [5.74, 6) is 1.45. The van der Waals surface area contributed by atoms with Crippen LogP contribution in [0, 0.1) is 12.8 Å². The minimum atomic E-state index is 0.245. The summed E-state index contributed by atoms with van der Waals surface area (Å²) in [7, 11) is 0. The molecule has 1 aromatic rings. The monoisotopic (exact) mass is 207 g/mol. The predicted octanol–water partition coefficient (Wildman–Crippen LogP) is 3.59. The molecule has 0 saturated carbocycles. The van der Waals surface area contributed by atoms with E-state index in [4.69, 9.17) is 4.74 Å². The van der Waals surface area contributed by atoms with E-state index in [-0.39, 0.29) is 6.10 Å². The molecule has 0 saturated heterocycles. The maximum atomic E-state index is 5.76. The molecule has 0 amide bonds. The maximum Gasteiger partial charge on any atom is 0.213 e. The predicted molar refractivity (Wildman–Crippen MR) is 63.1 cm³/mol. The molecule has 0 aliphatic carbocycles. The Bertz CT molecular complexity index is 298. The molecule has 15 heavy (non-hydrogen) atoms. The summed E-state index contributed by atoms with van der Waals surface area (Å²) in [4.78, 5) is 4.32. The van der Waals surface area contributed by atoms with Gasteiger partial charge < -0.3 is 4.74 Å². The van der Waals surface area contributed by atoms with Gasteiger partial charge in [0.15, 0.2) is 0 Å². The second-order valence-electron chi connectivity index (χ2n) is 4.29. The number of aromatic nitrogens is 1. The first-order valence-corrected chi connectivity index (χ1v) is 5.72. The van der Waals surface area contributed by atoms with Gasteiger partial charge >= 0.3 is 0 Å². The zero-order valence-electron chi connectivity index (χ0n) is 10.2. The minimum absolute atomic E-state index is 0.245. The van der Waals surface area contributed by atoms with Gasteiger partial charge in [-0.2, -0.15) is 0 Å². The molecular formula is C13H21NO. The van der Waals surface area contributed by atoms with Gasteiger partial charge in [-0.1, -0.05) is 26.3 Å².